The van der Waals surface area contributed by atoms with Gasteiger partial charge in [-0.3, -0.25) is 4.57 Å². The summed E-state index contributed by atoms with van der Waals surface area (Å²) in [6.07, 6.45) is 3.39. The molecule has 0 spiro atoms. The lowest BCUT2D eigenvalue weighted by Crippen LogP contribution is -1.97. The van der Waals surface area contributed by atoms with E-state index in [0.717, 1.165) is 22.6 Å². The SMILES string of the molecule is C=CCOc1ccc(C(P=O)c2ccc(OCC=C)cc2)cc1. The normalized spacial score (nSPS) is 10.5. The molecule has 2 aromatic carbocycles. The Morgan fingerprint density at radius 1 is 0.826 bits per heavy atom. The summed E-state index contributed by atoms with van der Waals surface area (Å²) >= 11 is 0. The van der Waals surface area contributed by atoms with Crippen LogP contribution in [0.3, 0.4) is 0 Å². The Bertz CT molecular complexity index is 592. The van der Waals surface area contributed by atoms with Gasteiger partial charge in [0.05, 0.1) is 5.66 Å². The van der Waals surface area contributed by atoms with Gasteiger partial charge in [-0.05, 0) is 35.4 Å². The average molecular weight is 326 g/mol. The number of hydrogen-bond donors (Lipinski definition) is 0. The largest absolute Gasteiger partial charge is 0.490 e. The topological polar surface area (TPSA) is 35.5 Å². The monoisotopic (exact) mass is 326 g/mol. The van der Waals surface area contributed by atoms with E-state index in [0.29, 0.717) is 13.2 Å². The summed E-state index contributed by atoms with van der Waals surface area (Å²) in [5, 5.41) is 0. The molecule has 0 aliphatic rings. The van der Waals surface area contributed by atoms with E-state index in [1.807, 2.05) is 48.5 Å². The minimum absolute atomic E-state index is 0.0475. The second kappa shape index (κ2) is 8.92. The van der Waals surface area contributed by atoms with Crippen molar-refractivity contribution < 1.29 is 14.0 Å². The number of hydrogen-bond acceptors (Lipinski definition) is 3. The van der Waals surface area contributed by atoms with E-state index >= 15 is 0 Å². The van der Waals surface area contributed by atoms with E-state index in [-0.39, 0.29) is 14.1 Å². The van der Waals surface area contributed by atoms with Crippen LogP contribution in [0.2, 0.25) is 0 Å². The van der Waals surface area contributed by atoms with Crippen molar-refractivity contribution in [3.05, 3.63) is 85.0 Å². The summed E-state index contributed by atoms with van der Waals surface area (Å²) in [6, 6.07) is 15.2. The molecule has 0 fully saturated rings. The van der Waals surface area contributed by atoms with Crippen LogP contribution in [0.5, 0.6) is 11.5 Å². The average Bonchev–Trinajstić information content (AvgIpc) is 2.61. The van der Waals surface area contributed by atoms with Gasteiger partial charge >= 0.3 is 0 Å². The fraction of sp³-hybridized carbons (Fsp3) is 0.158. The molecule has 0 N–H and O–H groups in total. The molecule has 2 aromatic rings. The van der Waals surface area contributed by atoms with Gasteiger partial charge in [-0.1, -0.05) is 49.6 Å². The minimum atomic E-state index is -0.211. The van der Waals surface area contributed by atoms with Crippen LogP contribution in [0.15, 0.2) is 73.8 Å². The highest BCUT2D eigenvalue weighted by molar-refractivity contribution is 7.24. The van der Waals surface area contributed by atoms with Gasteiger partial charge < -0.3 is 9.47 Å². The molecule has 0 radical (unpaired) electrons. The van der Waals surface area contributed by atoms with Gasteiger partial charge in [0.15, 0.2) is 8.46 Å². The zero-order valence-electron chi connectivity index (χ0n) is 12.9. The fourth-order valence-corrected chi connectivity index (χ4v) is 2.70. The van der Waals surface area contributed by atoms with Crippen molar-refractivity contribution in [1.82, 2.24) is 0 Å². The van der Waals surface area contributed by atoms with Crippen LogP contribution in [-0.4, -0.2) is 13.2 Å². The van der Waals surface area contributed by atoms with E-state index in [9.17, 15) is 4.57 Å². The Balaban J connectivity index is 2.13. The third kappa shape index (κ3) is 4.80. The predicted octanol–water partition coefficient (Wildman–Crippen LogP) is 5.20. The summed E-state index contributed by atoms with van der Waals surface area (Å²) in [6.45, 7) is 8.17. The predicted molar refractivity (Wildman–Crippen MR) is 93.7 cm³/mol. The van der Waals surface area contributed by atoms with Crippen molar-refractivity contribution in [2.24, 2.45) is 0 Å². The van der Waals surface area contributed by atoms with E-state index in [1.165, 1.54) is 0 Å². The molecule has 0 saturated carbocycles. The molecule has 0 atom stereocenters. The highest BCUT2D eigenvalue weighted by atomic mass is 31.1. The lowest BCUT2D eigenvalue weighted by atomic mass is 10.0. The summed E-state index contributed by atoms with van der Waals surface area (Å²) in [7, 11) is 0.0475. The Labute approximate surface area is 138 Å². The minimum Gasteiger partial charge on any atom is -0.490 e. The first-order valence-electron chi connectivity index (χ1n) is 7.28. The van der Waals surface area contributed by atoms with Crippen LogP contribution >= 0.6 is 8.46 Å². The number of rotatable bonds is 9. The van der Waals surface area contributed by atoms with Crippen molar-refractivity contribution in [3.63, 3.8) is 0 Å². The van der Waals surface area contributed by atoms with Crippen molar-refractivity contribution >= 4 is 8.46 Å². The maximum Gasteiger partial charge on any atom is 0.168 e. The maximum atomic E-state index is 11.6. The van der Waals surface area contributed by atoms with Gasteiger partial charge in [-0.2, -0.15) is 0 Å². The molecule has 0 saturated heterocycles. The highest BCUT2D eigenvalue weighted by Crippen LogP contribution is 2.35. The van der Waals surface area contributed by atoms with Crippen molar-refractivity contribution in [2.75, 3.05) is 13.2 Å². The molecule has 0 heterocycles. The van der Waals surface area contributed by atoms with E-state index in [1.54, 1.807) is 12.2 Å². The number of benzene rings is 2. The smallest absolute Gasteiger partial charge is 0.168 e. The molecule has 0 unspecified atom stereocenters. The van der Waals surface area contributed by atoms with Gasteiger partial charge in [-0.25, -0.2) is 0 Å². The molecular weight excluding hydrogens is 307 g/mol. The Morgan fingerprint density at radius 2 is 1.22 bits per heavy atom. The fourth-order valence-electron chi connectivity index (χ4n) is 2.12. The quantitative estimate of drug-likeness (QED) is 0.469. The Hall–Kier alpha value is -2.38. The second-order valence-corrected chi connectivity index (χ2v) is 5.57. The first-order chi connectivity index (χ1) is 11.3. The zero-order valence-corrected chi connectivity index (χ0v) is 13.7. The maximum absolute atomic E-state index is 11.6. The van der Waals surface area contributed by atoms with Crippen LogP contribution in [0.25, 0.3) is 0 Å². The molecule has 118 valence electrons. The van der Waals surface area contributed by atoms with Crippen LogP contribution in [0.1, 0.15) is 16.8 Å². The molecule has 0 bridgehead atoms. The molecule has 0 aliphatic carbocycles. The molecule has 0 amide bonds. The second-order valence-electron chi connectivity index (χ2n) is 4.85. The standard InChI is InChI=1S/C19H19O3P/c1-3-13-21-17-9-5-15(6-10-17)19(23-20)16-7-11-18(12-8-16)22-14-4-2/h3-12,19H,1-2,13-14H2. The molecule has 0 aliphatic heterocycles. The van der Waals surface area contributed by atoms with Crippen LogP contribution in [0.4, 0.5) is 0 Å². The van der Waals surface area contributed by atoms with Crippen molar-refractivity contribution in [2.45, 2.75) is 5.66 Å². The summed E-state index contributed by atoms with van der Waals surface area (Å²) in [4.78, 5) is 0. The van der Waals surface area contributed by atoms with Crippen LogP contribution < -0.4 is 9.47 Å². The molecule has 23 heavy (non-hydrogen) atoms. The summed E-state index contributed by atoms with van der Waals surface area (Å²) in [5.74, 6) is 1.53. The molecular formula is C19H19O3P. The van der Waals surface area contributed by atoms with Crippen molar-refractivity contribution in [3.8, 4) is 11.5 Å². The Morgan fingerprint density at radius 3 is 1.52 bits per heavy atom. The number of ether oxygens (including phenoxy) is 2. The molecule has 2 rings (SSSR count). The van der Waals surface area contributed by atoms with Crippen LogP contribution in [0, 0.1) is 0 Å². The lowest BCUT2D eigenvalue weighted by Gasteiger charge is -2.12. The summed E-state index contributed by atoms with van der Waals surface area (Å²) in [5.41, 5.74) is 1.72. The van der Waals surface area contributed by atoms with Crippen molar-refractivity contribution in [1.29, 1.82) is 0 Å². The van der Waals surface area contributed by atoms with Gasteiger partial charge in [-0.15, -0.1) is 0 Å². The molecule has 0 aromatic heterocycles. The van der Waals surface area contributed by atoms with Crippen LogP contribution in [-0.2, 0) is 4.57 Å². The third-order valence-corrected chi connectivity index (χ3v) is 4.04. The van der Waals surface area contributed by atoms with E-state index in [2.05, 4.69) is 13.2 Å². The first-order valence-corrected chi connectivity index (χ1v) is 8.16. The first kappa shape index (κ1) is 17.0. The van der Waals surface area contributed by atoms with E-state index in [4.69, 9.17) is 9.47 Å². The zero-order chi connectivity index (χ0) is 16.5. The lowest BCUT2D eigenvalue weighted by molar-refractivity contribution is 0.363. The molecule has 3 nitrogen and oxygen atoms in total. The van der Waals surface area contributed by atoms with Gasteiger partial charge in [0.1, 0.15) is 24.7 Å². The molecule has 4 heteroatoms. The third-order valence-electron chi connectivity index (χ3n) is 3.23. The van der Waals surface area contributed by atoms with Gasteiger partial charge in [0.2, 0.25) is 0 Å². The van der Waals surface area contributed by atoms with Gasteiger partial charge in [0.25, 0.3) is 0 Å². The summed E-state index contributed by atoms with van der Waals surface area (Å²) < 4.78 is 22.5. The van der Waals surface area contributed by atoms with E-state index < -0.39 is 0 Å². The highest BCUT2D eigenvalue weighted by Gasteiger charge is 2.14. The van der Waals surface area contributed by atoms with Gasteiger partial charge in [0, 0.05) is 0 Å². The Kier molecular flexibility index (Phi) is 6.58.